The van der Waals surface area contributed by atoms with Crippen LogP contribution in [0.2, 0.25) is 0 Å². The zero-order valence-electron chi connectivity index (χ0n) is 18.3. The van der Waals surface area contributed by atoms with Gasteiger partial charge in [0.25, 0.3) is 5.89 Å². The molecule has 1 aliphatic rings. The quantitative estimate of drug-likeness (QED) is 0.542. The molecule has 1 atom stereocenters. The van der Waals surface area contributed by atoms with Crippen molar-refractivity contribution in [3.8, 4) is 11.4 Å². The third kappa shape index (κ3) is 4.40. The van der Waals surface area contributed by atoms with Crippen molar-refractivity contribution < 1.29 is 18.4 Å². The van der Waals surface area contributed by atoms with E-state index in [-0.39, 0.29) is 11.8 Å². The van der Waals surface area contributed by atoms with E-state index in [4.69, 9.17) is 9.26 Å². The maximum absolute atomic E-state index is 13.3. The van der Waals surface area contributed by atoms with Gasteiger partial charge in [0.15, 0.2) is 0 Å². The van der Waals surface area contributed by atoms with Crippen LogP contribution in [0.5, 0.6) is 0 Å². The Bertz CT molecular complexity index is 1120. The van der Waals surface area contributed by atoms with Crippen LogP contribution in [0.1, 0.15) is 36.4 Å². The van der Waals surface area contributed by atoms with Gasteiger partial charge in [-0.15, -0.1) is 0 Å². The molecule has 0 spiro atoms. The molecule has 2 amide bonds. The fourth-order valence-electron chi connectivity index (χ4n) is 3.75. The van der Waals surface area contributed by atoms with Gasteiger partial charge in [0.05, 0.1) is 11.6 Å². The highest BCUT2D eigenvalue weighted by molar-refractivity contribution is 5.86. The standard InChI is InChI=1S/C24H25FN4O3/c1-15-5-7-17(8-6-15)21-20(16(2)29(24(30)26-21)13-4-14-31-3)23-27-22(28-32-23)18-9-11-19(25)12-10-18/h5-12,21H,4,13-14H2,1-3H3,(H,26,30). The highest BCUT2D eigenvalue weighted by Gasteiger charge is 2.35. The van der Waals surface area contributed by atoms with Gasteiger partial charge in [-0.3, -0.25) is 4.90 Å². The summed E-state index contributed by atoms with van der Waals surface area (Å²) in [7, 11) is 1.63. The number of aryl methyl sites for hydroxylation is 1. The zero-order valence-corrected chi connectivity index (χ0v) is 18.3. The first kappa shape index (κ1) is 21.7. The van der Waals surface area contributed by atoms with E-state index in [9.17, 15) is 9.18 Å². The smallest absolute Gasteiger partial charge is 0.322 e. The number of aromatic nitrogens is 2. The molecule has 1 unspecified atom stereocenters. The Labute approximate surface area is 185 Å². The van der Waals surface area contributed by atoms with Crippen LogP contribution >= 0.6 is 0 Å². The molecule has 32 heavy (non-hydrogen) atoms. The molecule has 0 aliphatic carbocycles. The van der Waals surface area contributed by atoms with E-state index in [0.29, 0.717) is 36.9 Å². The fourth-order valence-corrected chi connectivity index (χ4v) is 3.75. The summed E-state index contributed by atoms with van der Waals surface area (Å²) >= 11 is 0. The van der Waals surface area contributed by atoms with Crippen LogP contribution in [0, 0.1) is 12.7 Å². The number of carbonyl (C=O) groups excluding carboxylic acids is 1. The number of allylic oxidation sites excluding steroid dienone is 1. The molecule has 8 heteroatoms. The minimum atomic E-state index is -0.441. The van der Waals surface area contributed by atoms with Crippen LogP contribution in [0.4, 0.5) is 9.18 Å². The predicted octanol–water partition coefficient (Wildman–Crippen LogP) is 4.72. The molecule has 0 fully saturated rings. The number of nitrogens with zero attached hydrogens (tertiary/aromatic N) is 3. The molecular formula is C24H25FN4O3. The predicted molar refractivity (Wildman–Crippen MR) is 118 cm³/mol. The van der Waals surface area contributed by atoms with Crippen molar-refractivity contribution in [2.45, 2.75) is 26.3 Å². The van der Waals surface area contributed by atoms with E-state index in [1.165, 1.54) is 12.1 Å². The number of amides is 2. The second-order valence-corrected chi connectivity index (χ2v) is 7.72. The minimum Gasteiger partial charge on any atom is -0.385 e. The number of halogens is 1. The number of rotatable bonds is 7. The Morgan fingerprint density at radius 2 is 1.84 bits per heavy atom. The molecule has 0 bridgehead atoms. The molecule has 7 nitrogen and oxygen atoms in total. The van der Waals surface area contributed by atoms with Crippen molar-refractivity contribution in [3.63, 3.8) is 0 Å². The van der Waals surface area contributed by atoms with Gasteiger partial charge < -0.3 is 14.6 Å². The van der Waals surface area contributed by atoms with Crippen LogP contribution in [0.3, 0.4) is 0 Å². The summed E-state index contributed by atoms with van der Waals surface area (Å²) in [5.74, 6) is 0.326. The first-order valence-electron chi connectivity index (χ1n) is 10.4. The fraction of sp³-hybridized carbons (Fsp3) is 0.292. The molecule has 1 aromatic heterocycles. The molecule has 0 saturated carbocycles. The van der Waals surface area contributed by atoms with Crippen LogP contribution in [-0.2, 0) is 4.74 Å². The van der Waals surface area contributed by atoms with Gasteiger partial charge in [-0.2, -0.15) is 4.98 Å². The molecule has 1 N–H and O–H groups in total. The number of carbonyl (C=O) groups is 1. The molecule has 0 saturated heterocycles. The van der Waals surface area contributed by atoms with Crippen molar-refractivity contribution in [1.29, 1.82) is 0 Å². The summed E-state index contributed by atoms with van der Waals surface area (Å²) in [6.45, 7) is 4.93. The second-order valence-electron chi connectivity index (χ2n) is 7.72. The summed E-state index contributed by atoms with van der Waals surface area (Å²) in [5, 5.41) is 7.17. The van der Waals surface area contributed by atoms with Gasteiger partial charge in [0.1, 0.15) is 5.82 Å². The summed E-state index contributed by atoms with van der Waals surface area (Å²) < 4.78 is 24.1. The molecule has 0 radical (unpaired) electrons. The SMILES string of the molecule is COCCCN1C(=O)NC(c2ccc(C)cc2)C(c2nc(-c3ccc(F)cc3)no2)=C1C. The lowest BCUT2D eigenvalue weighted by Gasteiger charge is -2.35. The lowest BCUT2D eigenvalue weighted by Crippen LogP contribution is -2.46. The number of ether oxygens (including phenoxy) is 1. The van der Waals surface area contributed by atoms with Gasteiger partial charge in [-0.1, -0.05) is 35.0 Å². The first-order chi connectivity index (χ1) is 15.5. The third-order valence-corrected chi connectivity index (χ3v) is 5.50. The van der Waals surface area contributed by atoms with E-state index in [2.05, 4.69) is 15.5 Å². The zero-order chi connectivity index (χ0) is 22.7. The second kappa shape index (κ2) is 9.32. The van der Waals surface area contributed by atoms with Gasteiger partial charge >= 0.3 is 6.03 Å². The molecule has 4 rings (SSSR count). The highest BCUT2D eigenvalue weighted by Crippen LogP contribution is 2.37. The van der Waals surface area contributed by atoms with E-state index in [1.54, 1.807) is 24.1 Å². The molecule has 3 aromatic rings. The number of nitrogens with one attached hydrogen (secondary N) is 1. The Morgan fingerprint density at radius 1 is 1.12 bits per heavy atom. The van der Waals surface area contributed by atoms with Crippen LogP contribution in [0.15, 0.2) is 58.8 Å². The monoisotopic (exact) mass is 436 g/mol. The van der Waals surface area contributed by atoms with Crippen molar-refractivity contribution in [3.05, 3.63) is 77.1 Å². The van der Waals surface area contributed by atoms with Crippen molar-refractivity contribution in [2.75, 3.05) is 20.3 Å². The molecule has 2 aromatic carbocycles. The molecular weight excluding hydrogens is 411 g/mol. The largest absolute Gasteiger partial charge is 0.385 e. The lowest BCUT2D eigenvalue weighted by molar-refractivity contribution is 0.174. The Morgan fingerprint density at radius 3 is 2.53 bits per heavy atom. The lowest BCUT2D eigenvalue weighted by atomic mass is 9.94. The van der Waals surface area contributed by atoms with Crippen molar-refractivity contribution in [2.24, 2.45) is 0 Å². The van der Waals surface area contributed by atoms with Gasteiger partial charge in [0, 0.05) is 31.5 Å². The molecule has 166 valence electrons. The summed E-state index contributed by atoms with van der Waals surface area (Å²) in [6, 6.07) is 13.2. The van der Waals surface area contributed by atoms with E-state index >= 15 is 0 Å². The summed E-state index contributed by atoms with van der Waals surface area (Å²) in [6.07, 6.45) is 0.689. The average molecular weight is 436 g/mol. The maximum atomic E-state index is 13.3. The van der Waals surface area contributed by atoms with Crippen LogP contribution in [-0.4, -0.2) is 41.3 Å². The highest BCUT2D eigenvalue weighted by atomic mass is 19.1. The molecule has 2 heterocycles. The van der Waals surface area contributed by atoms with Crippen molar-refractivity contribution >= 4 is 11.6 Å². The van der Waals surface area contributed by atoms with E-state index in [1.807, 2.05) is 38.1 Å². The Hall–Kier alpha value is -3.52. The third-order valence-electron chi connectivity index (χ3n) is 5.50. The number of urea groups is 1. The Kier molecular flexibility index (Phi) is 6.32. The van der Waals surface area contributed by atoms with Crippen LogP contribution < -0.4 is 5.32 Å². The van der Waals surface area contributed by atoms with Gasteiger partial charge in [0.2, 0.25) is 5.82 Å². The maximum Gasteiger partial charge on any atom is 0.322 e. The normalized spacial score (nSPS) is 16.4. The Balaban J connectivity index is 1.76. The first-order valence-corrected chi connectivity index (χ1v) is 10.4. The number of benzene rings is 2. The number of hydrogen-bond donors (Lipinski definition) is 1. The van der Waals surface area contributed by atoms with E-state index < -0.39 is 6.04 Å². The van der Waals surface area contributed by atoms with Crippen LogP contribution in [0.25, 0.3) is 17.0 Å². The summed E-state index contributed by atoms with van der Waals surface area (Å²) in [4.78, 5) is 19.2. The van der Waals surface area contributed by atoms with E-state index in [0.717, 1.165) is 22.4 Å². The number of methoxy groups -OCH3 is 1. The minimum absolute atomic E-state index is 0.189. The average Bonchev–Trinajstić information content (AvgIpc) is 3.26. The topological polar surface area (TPSA) is 80.5 Å². The molecule has 1 aliphatic heterocycles. The number of hydrogen-bond acceptors (Lipinski definition) is 5. The van der Waals surface area contributed by atoms with Gasteiger partial charge in [-0.25, -0.2) is 9.18 Å². The van der Waals surface area contributed by atoms with Crippen molar-refractivity contribution in [1.82, 2.24) is 20.4 Å². The summed E-state index contributed by atoms with van der Waals surface area (Å²) in [5.41, 5.74) is 4.15. The van der Waals surface area contributed by atoms with Gasteiger partial charge in [-0.05, 0) is 50.1 Å².